The summed E-state index contributed by atoms with van der Waals surface area (Å²) in [5.41, 5.74) is 0.0961. The van der Waals surface area contributed by atoms with E-state index in [1.165, 1.54) is 53.7 Å². The Morgan fingerprint density at radius 1 is 1.00 bits per heavy atom. The zero-order valence-electron chi connectivity index (χ0n) is 17.2. The second kappa shape index (κ2) is 10.0. The molecular formula is C22H25FN2O5S. The number of nitrogens with one attached hydrogen (secondary N) is 1. The summed E-state index contributed by atoms with van der Waals surface area (Å²) in [6, 6.07) is 11.1. The SMILES string of the molecule is C[C@@H](OC(=O)c1ccc(S(=O)(=O)N2CCCCCC2)cc1)C(=O)Nc1ccccc1F. The van der Waals surface area contributed by atoms with Crippen LogP contribution < -0.4 is 5.32 Å². The van der Waals surface area contributed by atoms with Crippen LogP contribution in [0.4, 0.5) is 10.1 Å². The fraction of sp³-hybridized carbons (Fsp3) is 0.364. The Morgan fingerprint density at radius 2 is 1.61 bits per heavy atom. The van der Waals surface area contributed by atoms with E-state index < -0.39 is 33.8 Å². The summed E-state index contributed by atoms with van der Waals surface area (Å²) in [5, 5.41) is 2.36. The van der Waals surface area contributed by atoms with Gasteiger partial charge in [0, 0.05) is 13.1 Å². The highest BCUT2D eigenvalue weighted by atomic mass is 32.2. The molecule has 1 aliphatic heterocycles. The predicted molar refractivity (Wildman–Crippen MR) is 114 cm³/mol. The molecule has 1 amide bonds. The van der Waals surface area contributed by atoms with Crippen LogP contribution in [0.25, 0.3) is 0 Å². The maximum atomic E-state index is 13.7. The number of carbonyl (C=O) groups is 2. The van der Waals surface area contributed by atoms with E-state index in [-0.39, 0.29) is 16.1 Å². The second-order valence-electron chi connectivity index (χ2n) is 7.36. The molecule has 0 spiro atoms. The van der Waals surface area contributed by atoms with E-state index in [4.69, 9.17) is 4.74 Å². The molecule has 0 saturated carbocycles. The molecule has 3 rings (SSSR count). The van der Waals surface area contributed by atoms with Crippen LogP contribution in [0.5, 0.6) is 0 Å². The lowest BCUT2D eigenvalue weighted by molar-refractivity contribution is -0.123. The third kappa shape index (κ3) is 5.68. The van der Waals surface area contributed by atoms with Gasteiger partial charge in [-0.3, -0.25) is 4.79 Å². The number of sulfonamides is 1. The number of esters is 1. The summed E-state index contributed by atoms with van der Waals surface area (Å²) in [5.74, 6) is -2.07. The van der Waals surface area contributed by atoms with E-state index in [2.05, 4.69) is 5.32 Å². The fourth-order valence-electron chi connectivity index (χ4n) is 3.27. The van der Waals surface area contributed by atoms with E-state index in [9.17, 15) is 22.4 Å². The monoisotopic (exact) mass is 448 g/mol. The maximum absolute atomic E-state index is 13.7. The molecule has 1 saturated heterocycles. The second-order valence-corrected chi connectivity index (χ2v) is 9.30. The zero-order valence-corrected chi connectivity index (χ0v) is 18.0. The quantitative estimate of drug-likeness (QED) is 0.682. The van der Waals surface area contributed by atoms with Crippen molar-refractivity contribution in [3.63, 3.8) is 0 Å². The van der Waals surface area contributed by atoms with Crippen molar-refractivity contribution >= 4 is 27.6 Å². The Morgan fingerprint density at radius 3 is 2.23 bits per heavy atom. The van der Waals surface area contributed by atoms with Crippen LogP contribution in [0, 0.1) is 5.82 Å². The molecule has 0 aromatic heterocycles. The first-order chi connectivity index (χ1) is 14.8. The molecule has 0 radical (unpaired) electrons. The smallest absolute Gasteiger partial charge is 0.338 e. The van der Waals surface area contributed by atoms with E-state index in [1.54, 1.807) is 6.07 Å². The van der Waals surface area contributed by atoms with Gasteiger partial charge in [0.1, 0.15) is 5.82 Å². The van der Waals surface area contributed by atoms with Crippen molar-refractivity contribution in [2.45, 2.75) is 43.6 Å². The van der Waals surface area contributed by atoms with Crippen molar-refractivity contribution in [1.82, 2.24) is 4.31 Å². The number of rotatable bonds is 6. The summed E-state index contributed by atoms with van der Waals surface area (Å²) in [4.78, 5) is 24.6. The Kier molecular flexibility index (Phi) is 7.40. The normalized spacial score (nSPS) is 16.2. The van der Waals surface area contributed by atoms with Gasteiger partial charge in [-0.25, -0.2) is 17.6 Å². The topological polar surface area (TPSA) is 92.8 Å². The van der Waals surface area contributed by atoms with Crippen molar-refractivity contribution in [2.75, 3.05) is 18.4 Å². The number of anilines is 1. The summed E-state index contributed by atoms with van der Waals surface area (Å²) in [6.07, 6.45) is 2.51. The number of halogens is 1. The van der Waals surface area contributed by atoms with E-state index >= 15 is 0 Å². The number of para-hydroxylation sites is 1. The minimum atomic E-state index is -3.62. The van der Waals surface area contributed by atoms with Crippen LogP contribution in [0.2, 0.25) is 0 Å². The largest absolute Gasteiger partial charge is 0.449 e. The molecule has 9 heteroatoms. The fourth-order valence-corrected chi connectivity index (χ4v) is 4.79. The molecular weight excluding hydrogens is 423 g/mol. The average Bonchev–Trinajstić information content (AvgIpc) is 3.05. The molecule has 166 valence electrons. The van der Waals surface area contributed by atoms with Gasteiger partial charge in [0.15, 0.2) is 6.10 Å². The number of benzene rings is 2. The van der Waals surface area contributed by atoms with Gasteiger partial charge in [-0.1, -0.05) is 25.0 Å². The number of ether oxygens (including phenoxy) is 1. The van der Waals surface area contributed by atoms with Gasteiger partial charge in [-0.05, 0) is 56.2 Å². The summed E-state index contributed by atoms with van der Waals surface area (Å²) >= 11 is 0. The van der Waals surface area contributed by atoms with Crippen molar-refractivity contribution in [1.29, 1.82) is 0 Å². The molecule has 1 heterocycles. The molecule has 2 aromatic carbocycles. The highest BCUT2D eigenvalue weighted by Gasteiger charge is 2.26. The molecule has 1 atom stereocenters. The van der Waals surface area contributed by atoms with Crippen molar-refractivity contribution in [3.05, 3.63) is 59.9 Å². The first kappa shape index (κ1) is 22.9. The zero-order chi connectivity index (χ0) is 22.4. The summed E-state index contributed by atoms with van der Waals surface area (Å²) in [6.45, 7) is 2.34. The van der Waals surface area contributed by atoms with Crippen LogP contribution in [-0.2, 0) is 19.6 Å². The van der Waals surface area contributed by atoms with E-state index in [1.807, 2.05) is 0 Å². The van der Waals surface area contributed by atoms with Crippen LogP contribution in [-0.4, -0.2) is 43.8 Å². The highest BCUT2D eigenvalue weighted by Crippen LogP contribution is 2.21. The summed E-state index contributed by atoms with van der Waals surface area (Å²) in [7, 11) is -3.62. The molecule has 31 heavy (non-hydrogen) atoms. The van der Waals surface area contributed by atoms with Gasteiger partial charge in [-0.15, -0.1) is 0 Å². The van der Waals surface area contributed by atoms with Crippen LogP contribution in [0.15, 0.2) is 53.4 Å². The molecule has 2 aromatic rings. The van der Waals surface area contributed by atoms with Gasteiger partial charge in [0.2, 0.25) is 10.0 Å². The molecule has 7 nitrogen and oxygen atoms in total. The Hall–Kier alpha value is -2.78. The van der Waals surface area contributed by atoms with Crippen LogP contribution in [0.3, 0.4) is 0 Å². The van der Waals surface area contributed by atoms with E-state index in [0.717, 1.165) is 25.7 Å². The number of hydrogen-bond acceptors (Lipinski definition) is 5. The highest BCUT2D eigenvalue weighted by molar-refractivity contribution is 7.89. The van der Waals surface area contributed by atoms with Gasteiger partial charge >= 0.3 is 5.97 Å². The molecule has 1 aliphatic rings. The standard InChI is InChI=1S/C22H25FN2O5S/c1-16(21(26)24-20-9-5-4-8-19(20)23)30-22(27)17-10-12-18(13-11-17)31(28,29)25-14-6-2-3-7-15-25/h4-5,8-13,16H,2-3,6-7,14-15H2,1H3,(H,24,26)/t16-/m1/s1. The van der Waals surface area contributed by atoms with Crippen LogP contribution in [0.1, 0.15) is 43.0 Å². The predicted octanol–water partition coefficient (Wildman–Crippen LogP) is 3.57. The van der Waals surface area contributed by atoms with E-state index in [0.29, 0.717) is 13.1 Å². The molecule has 0 bridgehead atoms. The lowest BCUT2D eigenvalue weighted by atomic mass is 10.2. The van der Waals surface area contributed by atoms with Crippen molar-refractivity contribution in [2.24, 2.45) is 0 Å². The first-order valence-electron chi connectivity index (χ1n) is 10.2. The number of amides is 1. The maximum Gasteiger partial charge on any atom is 0.338 e. The van der Waals surface area contributed by atoms with Crippen molar-refractivity contribution < 1.29 is 27.1 Å². The van der Waals surface area contributed by atoms with Gasteiger partial charge in [0.25, 0.3) is 5.91 Å². The minimum Gasteiger partial charge on any atom is -0.449 e. The minimum absolute atomic E-state index is 0.0153. The number of hydrogen-bond donors (Lipinski definition) is 1. The van der Waals surface area contributed by atoms with Crippen molar-refractivity contribution in [3.8, 4) is 0 Å². The van der Waals surface area contributed by atoms with Crippen LogP contribution >= 0.6 is 0 Å². The Balaban J connectivity index is 1.63. The van der Waals surface area contributed by atoms with Gasteiger partial charge < -0.3 is 10.1 Å². The van der Waals surface area contributed by atoms with Gasteiger partial charge in [-0.2, -0.15) is 4.31 Å². The number of carbonyl (C=O) groups excluding carboxylic acids is 2. The molecule has 1 N–H and O–H groups in total. The Bertz CT molecular complexity index is 1030. The third-order valence-electron chi connectivity index (χ3n) is 5.08. The Labute approximate surface area is 181 Å². The van der Waals surface area contributed by atoms with Gasteiger partial charge in [0.05, 0.1) is 16.1 Å². The lowest BCUT2D eigenvalue weighted by Gasteiger charge is -2.20. The number of nitrogens with zero attached hydrogens (tertiary/aromatic N) is 1. The third-order valence-corrected chi connectivity index (χ3v) is 6.99. The molecule has 0 unspecified atom stereocenters. The molecule has 0 aliphatic carbocycles. The lowest BCUT2D eigenvalue weighted by Crippen LogP contribution is -2.32. The summed E-state index contributed by atoms with van der Waals surface area (Å²) < 4.78 is 45.9. The average molecular weight is 449 g/mol. The molecule has 1 fully saturated rings. The first-order valence-corrected chi connectivity index (χ1v) is 11.6.